The summed E-state index contributed by atoms with van der Waals surface area (Å²) in [6.07, 6.45) is 18.6. The van der Waals surface area contributed by atoms with Gasteiger partial charge < -0.3 is 29.0 Å². The third kappa shape index (κ3) is 37.6. The van der Waals surface area contributed by atoms with Crippen molar-refractivity contribution in [1.82, 2.24) is 0 Å². The molecule has 0 N–H and O–H groups in total. The summed E-state index contributed by atoms with van der Waals surface area (Å²) in [6.45, 7) is 4.88. The molecule has 0 spiro atoms. The van der Waals surface area contributed by atoms with Crippen molar-refractivity contribution in [3.05, 3.63) is 0 Å². The molecule has 0 saturated carbocycles. The molecule has 7 nitrogen and oxygen atoms in total. The van der Waals surface area contributed by atoms with Crippen LogP contribution in [-0.2, 0) is 19.1 Å². The Bertz CT molecular complexity index is 551. The van der Waals surface area contributed by atoms with Gasteiger partial charge in [-0.25, -0.2) is 0 Å². The number of carbonyl (C=O) groups is 3. The first-order valence-electron chi connectivity index (χ1n) is 14.4. The van der Waals surface area contributed by atoms with Crippen molar-refractivity contribution in [3.63, 3.8) is 0 Å². The minimum absolute atomic E-state index is 0. The molecule has 37 heavy (non-hydrogen) atoms. The van der Waals surface area contributed by atoms with Crippen LogP contribution in [0.4, 0.5) is 0 Å². The largest absolute Gasteiger partial charge is 1.00 e. The van der Waals surface area contributed by atoms with E-state index in [0.29, 0.717) is 17.4 Å². The number of esters is 1. The average Bonchev–Trinajstić information content (AvgIpc) is 2.76. The van der Waals surface area contributed by atoms with Gasteiger partial charge in [-0.15, -0.1) is 0 Å². The fraction of sp³-hybridized carbons (Fsp3) is 0.897. The van der Waals surface area contributed by atoms with Crippen LogP contribution >= 0.6 is 0 Å². The summed E-state index contributed by atoms with van der Waals surface area (Å²) in [5.74, 6) is -2.38. The van der Waals surface area contributed by atoms with E-state index in [0.717, 1.165) is 32.1 Å². The Balaban J connectivity index is -0.000000751. The van der Waals surface area contributed by atoms with Gasteiger partial charge >= 0.3 is 35.5 Å². The quantitative estimate of drug-likeness (QED) is 0.0847. The van der Waals surface area contributed by atoms with E-state index >= 15 is 0 Å². The van der Waals surface area contributed by atoms with Gasteiger partial charge in [0.25, 0.3) is 0 Å². The number of likely N-dealkylation sites (N-methyl/N-ethyl adjacent to an activating group) is 1. The second-order valence-corrected chi connectivity index (χ2v) is 11.0. The van der Waals surface area contributed by atoms with Crippen LogP contribution in [0.15, 0.2) is 0 Å². The summed E-state index contributed by atoms with van der Waals surface area (Å²) in [4.78, 5) is 32.7. The van der Waals surface area contributed by atoms with Gasteiger partial charge in [0.05, 0.1) is 21.1 Å². The van der Waals surface area contributed by atoms with Crippen molar-refractivity contribution in [3.8, 4) is 0 Å². The minimum atomic E-state index is -1.18. The summed E-state index contributed by atoms with van der Waals surface area (Å²) in [7, 11) is 5.82. The van der Waals surface area contributed by atoms with Gasteiger partial charge in [-0.2, -0.15) is 0 Å². The smallest absolute Gasteiger partial charge is 0.550 e. The number of rotatable bonds is 23. The minimum Gasteiger partial charge on any atom is -0.550 e. The topological polar surface area (TPSA) is 107 Å². The van der Waals surface area contributed by atoms with Crippen LogP contribution in [0.25, 0.3) is 0 Å². The molecule has 1 atom stereocenters. The Morgan fingerprint density at radius 3 is 1.35 bits per heavy atom. The molecule has 0 fully saturated rings. The Hall–Kier alpha value is -0.630. The zero-order valence-electron chi connectivity index (χ0n) is 25.1. The fourth-order valence-corrected chi connectivity index (χ4v) is 3.99. The molecule has 0 rings (SSSR count). The second-order valence-electron chi connectivity index (χ2n) is 11.0. The average molecular weight is 538 g/mol. The van der Waals surface area contributed by atoms with Crippen LogP contribution < -0.4 is 39.8 Å². The first-order chi connectivity index (χ1) is 17.0. The van der Waals surface area contributed by atoms with Crippen LogP contribution in [0, 0.1) is 0 Å². The molecule has 0 saturated heterocycles. The van der Waals surface area contributed by atoms with Crippen LogP contribution in [0.1, 0.15) is 136 Å². The van der Waals surface area contributed by atoms with Crippen molar-refractivity contribution in [2.24, 2.45) is 0 Å². The van der Waals surface area contributed by atoms with Gasteiger partial charge in [0.1, 0.15) is 6.54 Å². The SMILES string of the molecule is CCCCCCCCCC(=O)[O-].CCCCCCCCCCCC(=O)OC(CC(=O)[O-])C[N+](C)(C)C.[Na+]. The first kappa shape index (κ1) is 40.9. The Morgan fingerprint density at radius 1 is 0.622 bits per heavy atom. The van der Waals surface area contributed by atoms with E-state index in [2.05, 4.69) is 13.8 Å². The molecular formula is C29H56NNaO6. The summed E-state index contributed by atoms with van der Waals surface area (Å²) < 4.78 is 5.88. The van der Waals surface area contributed by atoms with E-state index in [1.807, 2.05) is 21.1 Å². The molecule has 0 amide bonds. The normalized spacial score (nSPS) is 11.6. The van der Waals surface area contributed by atoms with E-state index in [1.165, 1.54) is 70.6 Å². The zero-order valence-corrected chi connectivity index (χ0v) is 27.1. The van der Waals surface area contributed by atoms with E-state index < -0.39 is 18.0 Å². The summed E-state index contributed by atoms with van der Waals surface area (Å²) >= 11 is 0. The molecule has 0 aromatic rings. The maximum atomic E-state index is 11.9. The van der Waals surface area contributed by atoms with Crippen molar-refractivity contribution in [2.75, 3.05) is 27.7 Å². The van der Waals surface area contributed by atoms with Gasteiger partial charge in [0.2, 0.25) is 0 Å². The predicted octanol–water partition coefficient (Wildman–Crippen LogP) is 1.55. The van der Waals surface area contributed by atoms with Crippen LogP contribution in [0.3, 0.4) is 0 Å². The number of carboxylic acid groups (broad SMARTS) is 2. The Kier molecular flexibility index (Phi) is 31.3. The third-order valence-electron chi connectivity index (χ3n) is 5.91. The number of aliphatic carboxylic acids is 2. The molecule has 0 aliphatic heterocycles. The van der Waals surface area contributed by atoms with Gasteiger partial charge in [0.15, 0.2) is 6.10 Å². The summed E-state index contributed by atoms with van der Waals surface area (Å²) in [6, 6.07) is 0. The molecule has 0 aliphatic carbocycles. The molecule has 8 heteroatoms. The van der Waals surface area contributed by atoms with Crippen LogP contribution in [0.2, 0.25) is 0 Å². The monoisotopic (exact) mass is 537 g/mol. The zero-order chi connectivity index (χ0) is 27.7. The van der Waals surface area contributed by atoms with Crippen molar-refractivity contribution < 1.29 is 63.4 Å². The molecule has 0 bridgehead atoms. The number of carboxylic acids is 2. The number of hydrogen-bond donors (Lipinski definition) is 0. The first-order valence-corrected chi connectivity index (χ1v) is 14.4. The summed E-state index contributed by atoms with van der Waals surface area (Å²) in [5, 5.41) is 20.8. The van der Waals surface area contributed by atoms with Crippen molar-refractivity contribution in [2.45, 2.75) is 142 Å². The van der Waals surface area contributed by atoms with Crippen LogP contribution in [0.5, 0.6) is 0 Å². The molecule has 0 aromatic heterocycles. The van der Waals surface area contributed by atoms with Crippen LogP contribution in [-0.4, -0.2) is 56.2 Å². The Labute approximate surface area is 250 Å². The van der Waals surface area contributed by atoms with Crippen molar-refractivity contribution >= 4 is 17.9 Å². The number of carbonyl (C=O) groups excluding carboxylic acids is 3. The number of quaternary nitrogens is 1. The van der Waals surface area contributed by atoms with Gasteiger partial charge in [-0.3, -0.25) is 4.79 Å². The molecule has 0 radical (unpaired) electrons. The maximum Gasteiger partial charge on any atom is 1.00 e. The van der Waals surface area contributed by atoms with Gasteiger partial charge in [-0.05, 0) is 19.3 Å². The molecule has 1 unspecified atom stereocenters. The second kappa shape index (κ2) is 28.4. The number of unbranched alkanes of at least 4 members (excludes halogenated alkanes) is 14. The molecule has 0 aromatic carbocycles. The standard InChI is InChI=1S/C19H37NO4.C10H20O2.Na/c1-5-6-7-8-9-10-11-12-13-14-19(23)24-17(15-18(21)22)16-20(2,3)4;1-2-3-4-5-6-7-8-9-10(11)12;/h17H,5-16H2,1-4H3;2-9H2,1H3,(H,11,12);/q;;+1/p-1. The molecule has 0 heterocycles. The van der Waals surface area contributed by atoms with E-state index in [4.69, 9.17) is 4.74 Å². The third-order valence-corrected chi connectivity index (χ3v) is 5.91. The van der Waals surface area contributed by atoms with Gasteiger partial charge in [-0.1, -0.05) is 104 Å². The Morgan fingerprint density at radius 2 is 1.00 bits per heavy atom. The van der Waals surface area contributed by atoms with Crippen molar-refractivity contribution in [1.29, 1.82) is 0 Å². The maximum absolute atomic E-state index is 11.9. The number of nitrogens with zero attached hydrogens (tertiary/aromatic N) is 1. The van der Waals surface area contributed by atoms with E-state index in [-0.39, 0.29) is 48.4 Å². The molecular weight excluding hydrogens is 481 g/mol. The predicted molar refractivity (Wildman–Crippen MR) is 142 cm³/mol. The number of ether oxygens (including phenoxy) is 1. The fourth-order valence-electron chi connectivity index (χ4n) is 3.99. The molecule has 0 aliphatic rings. The molecule has 214 valence electrons. The summed E-state index contributed by atoms with van der Waals surface area (Å²) in [5.41, 5.74) is 0. The van der Waals surface area contributed by atoms with E-state index in [1.54, 1.807) is 0 Å². The van der Waals surface area contributed by atoms with E-state index in [9.17, 15) is 24.6 Å². The number of hydrogen-bond acceptors (Lipinski definition) is 6. The van der Waals surface area contributed by atoms with Gasteiger partial charge in [0, 0.05) is 24.8 Å².